The molecule has 3 rings (SSSR count). The highest BCUT2D eigenvalue weighted by Gasteiger charge is 2.25. The molecule has 0 atom stereocenters. The van der Waals surface area contributed by atoms with Gasteiger partial charge in [0.15, 0.2) is 17.2 Å². The molecule has 0 radical (unpaired) electrons. The van der Waals surface area contributed by atoms with Gasteiger partial charge < -0.3 is 25.5 Å². The molecule has 2 amide bonds. The number of halogens is 1. The number of phenols is 3. The number of likely N-dealkylation sites (tertiary alicyclic amines) is 1. The molecule has 7 nitrogen and oxygen atoms in total. The lowest BCUT2D eigenvalue weighted by Gasteiger charge is -2.32. The van der Waals surface area contributed by atoms with Gasteiger partial charge in [-0.3, -0.25) is 9.59 Å². The number of amides is 2. The molecule has 1 aliphatic heterocycles. The van der Waals surface area contributed by atoms with E-state index in [2.05, 4.69) is 21.2 Å². The second-order valence-corrected chi connectivity index (χ2v) is 7.33. The van der Waals surface area contributed by atoms with Crippen LogP contribution in [0, 0.1) is 0 Å². The van der Waals surface area contributed by atoms with Crippen molar-refractivity contribution in [2.45, 2.75) is 18.9 Å². The first-order valence-corrected chi connectivity index (χ1v) is 9.25. The Bertz CT molecular complexity index is 838. The third-order valence-corrected chi connectivity index (χ3v) is 5.07. The number of carbonyl (C=O) groups excluding carboxylic acids is 2. The summed E-state index contributed by atoms with van der Waals surface area (Å²) in [5.74, 6) is -2.28. The zero-order chi connectivity index (χ0) is 19.6. The van der Waals surface area contributed by atoms with Crippen LogP contribution in [-0.4, -0.2) is 51.2 Å². The van der Waals surface area contributed by atoms with Gasteiger partial charge in [-0.05, 0) is 49.2 Å². The third-order valence-electron chi connectivity index (χ3n) is 4.54. The van der Waals surface area contributed by atoms with Gasteiger partial charge in [0.2, 0.25) is 0 Å². The van der Waals surface area contributed by atoms with Crippen LogP contribution in [0.1, 0.15) is 33.6 Å². The van der Waals surface area contributed by atoms with E-state index in [1.54, 1.807) is 17.0 Å². The van der Waals surface area contributed by atoms with E-state index < -0.39 is 23.2 Å². The molecule has 27 heavy (non-hydrogen) atoms. The summed E-state index contributed by atoms with van der Waals surface area (Å²) in [6, 6.07) is 9.25. The van der Waals surface area contributed by atoms with Crippen molar-refractivity contribution in [3.8, 4) is 17.2 Å². The molecule has 1 fully saturated rings. The van der Waals surface area contributed by atoms with Crippen LogP contribution in [0.3, 0.4) is 0 Å². The summed E-state index contributed by atoms with van der Waals surface area (Å²) in [5, 5.41) is 31.2. The molecular formula is C19H19BrN2O5. The fourth-order valence-electron chi connectivity index (χ4n) is 3.01. The van der Waals surface area contributed by atoms with Crippen molar-refractivity contribution in [1.29, 1.82) is 0 Å². The number of benzene rings is 2. The lowest BCUT2D eigenvalue weighted by atomic mass is 10.0. The zero-order valence-corrected chi connectivity index (χ0v) is 15.9. The van der Waals surface area contributed by atoms with E-state index in [1.165, 1.54) is 0 Å². The number of phenolic OH excluding ortho intramolecular Hbond substituents is 3. The quantitative estimate of drug-likeness (QED) is 0.555. The van der Waals surface area contributed by atoms with Crippen LogP contribution in [0.15, 0.2) is 40.9 Å². The molecular weight excluding hydrogens is 416 g/mol. The summed E-state index contributed by atoms with van der Waals surface area (Å²) in [4.78, 5) is 26.6. The molecule has 0 aromatic heterocycles. The molecule has 2 aromatic rings. The van der Waals surface area contributed by atoms with Gasteiger partial charge in [-0.2, -0.15) is 0 Å². The Hall–Kier alpha value is -2.74. The minimum absolute atomic E-state index is 0.0411. The molecule has 8 heteroatoms. The SMILES string of the molecule is O=C(NC1CCN(C(=O)c2ccc(Br)cc2)CC1)c1cc(O)c(O)c(O)c1. The second-order valence-electron chi connectivity index (χ2n) is 6.41. The first-order valence-electron chi connectivity index (χ1n) is 8.46. The first kappa shape index (κ1) is 19.0. The summed E-state index contributed by atoms with van der Waals surface area (Å²) >= 11 is 3.34. The van der Waals surface area contributed by atoms with Crippen molar-refractivity contribution >= 4 is 27.7 Å². The van der Waals surface area contributed by atoms with Crippen molar-refractivity contribution in [2.24, 2.45) is 0 Å². The average molecular weight is 435 g/mol. The number of nitrogens with one attached hydrogen (secondary N) is 1. The maximum atomic E-state index is 12.5. The Morgan fingerprint density at radius 3 is 2.07 bits per heavy atom. The smallest absolute Gasteiger partial charge is 0.253 e. The van der Waals surface area contributed by atoms with E-state index in [0.717, 1.165) is 16.6 Å². The van der Waals surface area contributed by atoms with Crippen molar-refractivity contribution < 1.29 is 24.9 Å². The highest BCUT2D eigenvalue weighted by Crippen LogP contribution is 2.35. The number of rotatable bonds is 3. The lowest BCUT2D eigenvalue weighted by molar-refractivity contribution is 0.0698. The number of carbonyl (C=O) groups is 2. The van der Waals surface area contributed by atoms with Crippen LogP contribution >= 0.6 is 15.9 Å². The van der Waals surface area contributed by atoms with E-state index in [-0.39, 0.29) is 17.5 Å². The van der Waals surface area contributed by atoms with E-state index in [9.17, 15) is 24.9 Å². The van der Waals surface area contributed by atoms with Gasteiger partial charge in [-0.25, -0.2) is 0 Å². The Morgan fingerprint density at radius 1 is 0.963 bits per heavy atom. The molecule has 0 spiro atoms. The standard InChI is InChI=1S/C19H19BrN2O5/c20-13-3-1-11(2-4-13)19(27)22-7-5-14(6-8-22)21-18(26)12-9-15(23)17(25)16(24)10-12/h1-4,9-10,14,23-25H,5-8H2,(H,21,26). The minimum atomic E-state index is -0.661. The van der Waals surface area contributed by atoms with Crippen molar-refractivity contribution in [2.75, 3.05) is 13.1 Å². The Balaban J connectivity index is 1.57. The summed E-state index contributed by atoms with van der Waals surface area (Å²) < 4.78 is 0.909. The maximum Gasteiger partial charge on any atom is 0.253 e. The Labute approximate surface area is 164 Å². The van der Waals surface area contributed by atoms with Gasteiger partial charge in [0.05, 0.1) is 0 Å². The molecule has 0 aliphatic carbocycles. The normalized spacial score (nSPS) is 14.8. The van der Waals surface area contributed by atoms with E-state index in [1.807, 2.05) is 12.1 Å². The molecule has 1 aliphatic rings. The highest BCUT2D eigenvalue weighted by atomic mass is 79.9. The van der Waals surface area contributed by atoms with Gasteiger partial charge in [0.25, 0.3) is 11.8 Å². The lowest BCUT2D eigenvalue weighted by Crippen LogP contribution is -2.46. The third kappa shape index (κ3) is 4.33. The van der Waals surface area contributed by atoms with Crippen LogP contribution in [0.5, 0.6) is 17.2 Å². The molecule has 0 unspecified atom stereocenters. The first-order chi connectivity index (χ1) is 12.8. The highest BCUT2D eigenvalue weighted by molar-refractivity contribution is 9.10. The van der Waals surface area contributed by atoms with Crippen molar-refractivity contribution in [3.05, 3.63) is 52.0 Å². The van der Waals surface area contributed by atoms with Gasteiger partial charge in [0.1, 0.15) is 0 Å². The van der Waals surface area contributed by atoms with Gasteiger partial charge in [0, 0.05) is 34.7 Å². The number of piperidine rings is 1. The van der Waals surface area contributed by atoms with E-state index in [0.29, 0.717) is 31.5 Å². The molecule has 2 aromatic carbocycles. The predicted octanol–water partition coefficient (Wildman–Crippen LogP) is 2.60. The zero-order valence-electron chi connectivity index (χ0n) is 14.4. The number of nitrogens with zero attached hydrogens (tertiary/aromatic N) is 1. The Morgan fingerprint density at radius 2 is 1.52 bits per heavy atom. The number of hydrogen-bond donors (Lipinski definition) is 4. The van der Waals surface area contributed by atoms with Gasteiger partial charge in [-0.15, -0.1) is 0 Å². The van der Waals surface area contributed by atoms with Crippen LogP contribution in [0.25, 0.3) is 0 Å². The van der Waals surface area contributed by atoms with Crippen LogP contribution in [0.2, 0.25) is 0 Å². The predicted molar refractivity (Wildman–Crippen MR) is 102 cm³/mol. The number of aromatic hydroxyl groups is 3. The second kappa shape index (κ2) is 7.87. The van der Waals surface area contributed by atoms with Gasteiger partial charge in [-0.1, -0.05) is 15.9 Å². The van der Waals surface area contributed by atoms with Crippen LogP contribution in [-0.2, 0) is 0 Å². The number of hydrogen-bond acceptors (Lipinski definition) is 5. The summed E-state index contributed by atoms with van der Waals surface area (Å²) in [5.41, 5.74) is 0.673. The van der Waals surface area contributed by atoms with Crippen molar-refractivity contribution in [3.63, 3.8) is 0 Å². The molecule has 1 heterocycles. The minimum Gasteiger partial charge on any atom is -0.504 e. The topological polar surface area (TPSA) is 110 Å². The Kier molecular flexibility index (Phi) is 5.55. The summed E-state index contributed by atoms with van der Waals surface area (Å²) in [6.45, 7) is 1.04. The van der Waals surface area contributed by atoms with Crippen LogP contribution in [0.4, 0.5) is 0 Å². The molecule has 1 saturated heterocycles. The molecule has 4 N–H and O–H groups in total. The van der Waals surface area contributed by atoms with Gasteiger partial charge >= 0.3 is 0 Å². The molecule has 0 saturated carbocycles. The average Bonchev–Trinajstić information content (AvgIpc) is 2.66. The fourth-order valence-corrected chi connectivity index (χ4v) is 3.27. The van der Waals surface area contributed by atoms with E-state index in [4.69, 9.17) is 0 Å². The van der Waals surface area contributed by atoms with Crippen LogP contribution < -0.4 is 5.32 Å². The molecule has 142 valence electrons. The summed E-state index contributed by atoms with van der Waals surface area (Å²) in [7, 11) is 0. The fraction of sp³-hybridized carbons (Fsp3) is 0.263. The monoisotopic (exact) mass is 434 g/mol. The largest absolute Gasteiger partial charge is 0.504 e. The van der Waals surface area contributed by atoms with E-state index >= 15 is 0 Å². The molecule has 0 bridgehead atoms. The van der Waals surface area contributed by atoms with Crippen molar-refractivity contribution in [1.82, 2.24) is 10.2 Å². The maximum absolute atomic E-state index is 12.5. The summed E-state index contributed by atoms with van der Waals surface area (Å²) in [6.07, 6.45) is 1.20.